The molecule has 0 saturated heterocycles. The molecule has 0 fully saturated rings. The summed E-state index contributed by atoms with van der Waals surface area (Å²) < 4.78 is 6.14. The lowest BCUT2D eigenvalue weighted by Gasteiger charge is -2.24. The fourth-order valence-electron chi connectivity index (χ4n) is 1.32. The molecule has 0 aromatic heterocycles. The first-order valence-electron chi connectivity index (χ1n) is 5.48. The van der Waals surface area contributed by atoms with E-state index in [4.69, 9.17) is 4.74 Å². The summed E-state index contributed by atoms with van der Waals surface area (Å²) in [6, 6.07) is 7.83. The van der Waals surface area contributed by atoms with Crippen molar-refractivity contribution in [1.82, 2.24) is 5.32 Å². The highest BCUT2D eigenvalue weighted by atomic mass is 79.9. The predicted molar refractivity (Wildman–Crippen MR) is 71.8 cm³/mol. The highest BCUT2D eigenvalue weighted by molar-refractivity contribution is 9.10. The molecule has 3 nitrogen and oxygen atoms in total. The Morgan fingerprint density at radius 1 is 1.47 bits per heavy atom. The molecule has 1 aromatic rings. The molecule has 17 heavy (non-hydrogen) atoms. The van der Waals surface area contributed by atoms with Gasteiger partial charge in [0.25, 0.3) is 5.91 Å². The van der Waals surface area contributed by atoms with Gasteiger partial charge >= 0.3 is 0 Å². The van der Waals surface area contributed by atoms with E-state index in [1.54, 1.807) is 13.8 Å². The van der Waals surface area contributed by atoms with Gasteiger partial charge < -0.3 is 10.1 Å². The van der Waals surface area contributed by atoms with Gasteiger partial charge in [0.15, 0.2) is 0 Å². The van der Waals surface area contributed by atoms with Crippen LogP contribution in [-0.4, -0.2) is 18.6 Å². The average Bonchev–Trinajstić information content (AvgIpc) is 2.28. The number of hydrogen-bond donors (Lipinski definition) is 1. The molecule has 0 aliphatic carbocycles. The molecule has 0 spiro atoms. The number of carbonyl (C=O) groups is 1. The van der Waals surface area contributed by atoms with E-state index in [1.165, 1.54) is 7.11 Å². The molecule has 1 atom stereocenters. The third-order valence-corrected chi connectivity index (χ3v) is 3.25. The lowest BCUT2D eigenvalue weighted by atomic mass is 10.1. The molecular formula is C13H18BrNO2. The minimum absolute atomic E-state index is 0.0468. The molecule has 1 N–H and O–H groups in total. The summed E-state index contributed by atoms with van der Waals surface area (Å²) in [6.07, 6.45) is 0. The smallest absolute Gasteiger partial charge is 0.252 e. The molecule has 1 amide bonds. The second-order valence-corrected chi connectivity index (χ2v) is 5.38. The SMILES string of the molecule is COC(C)(C)C(=O)N[C@H](C)c1cccc(Br)c1. The lowest BCUT2D eigenvalue weighted by Crippen LogP contribution is -2.44. The number of benzene rings is 1. The van der Waals surface area contributed by atoms with Crippen LogP contribution in [0, 0.1) is 0 Å². The van der Waals surface area contributed by atoms with Crippen LogP contribution in [0.3, 0.4) is 0 Å². The predicted octanol–water partition coefficient (Wildman–Crippen LogP) is 3.05. The van der Waals surface area contributed by atoms with Crippen molar-refractivity contribution in [1.29, 1.82) is 0 Å². The number of amides is 1. The summed E-state index contributed by atoms with van der Waals surface area (Å²) in [5.74, 6) is -0.118. The number of hydrogen-bond acceptors (Lipinski definition) is 2. The Balaban J connectivity index is 2.73. The van der Waals surface area contributed by atoms with Gasteiger partial charge in [-0.2, -0.15) is 0 Å². The fourth-order valence-corrected chi connectivity index (χ4v) is 1.74. The van der Waals surface area contributed by atoms with Crippen LogP contribution in [0.15, 0.2) is 28.7 Å². The van der Waals surface area contributed by atoms with Crippen molar-refractivity contribution in [3.8, 4) is 0 Å². The minimum Gasteiger partial charge on any atom is -0.369 e. The molecular weight excluding hydrogens is 282 g/mol. The van der Waals surface area contributed by atoms with Crippen LogP contribution < -0.4 is 5.32 Å². The number of ether oxygens (including phenoxy) is 1. The second-order valence-electron chi connectivity index (χ2n) is 4.46. The molecule has 0 bridgehead atoms. The van der Waals surface area contributed by atoms with Crippen LogP contribution in [0.5, 0.6) is 0 Å². The van der Waals surface area contributed by atoms with E-state index in [-0.39, 0.29) is 11.9 Å². The van der Waals surface area contributed by atoms with Crippen molar-refractivity contribution in [3.05, 3.63) is 34.3 Å². The van der Waals surface area contributed by atoms with Crippen LogP contribution in [0.4, 0.5) is 0 Å². The van der Waals surface area contributed by atoms with Gasteiger partial charge in [0, 0.05) is 11.6 Å². The van der Waals surface area contributed by atoms with Gasteiger partial charge in [0.05, 0.1) is 6.04 Å². The van der Waals surface area contributed by atoms with Gasteiger partial charge in [-0.1, -0.05) is 28.1 Å². The number of carbonyl (C=O) groups excluding carboxylic acids is 1. The van der Waals surface area contributed by atoms with Crippen molar-refractivity contribution >= 4 is 21.8 Å². The molecule has 94 valence electrons. The van der Waals surface area contributed by atoms with Gasteiger partial charge in [0.1, 0.15) is 5.60 Å². The van der Waals surface area contributed by atoms with Crippen LogP contribution in [0.1, 0.15) is 32.4 Å². The van der Waals surface area contributed by atoms with Crippen LogP contribution >= 0.6 is 15.9 Å². The van der Waals surface area contributed by atoms with Crippen LogP contribution in [-0.2, 0) is 9.53 Å². The summed E-state index contributed by atoms with van der Waals surface area (Å²) in [6.45, 7) is 5.44. The Hall–Kier alpha value is -0.870. The van der Waals surface area contributed by atoms with Gasteiger partial charge in [-0.25, -0.2) is 0 Å². The van der Waals surface area contributed by atoms with Crippen molar-refractivity contribution < 1.29 is 9.53 Å². The lowest BCUT2D eigenvalue weighted by molar-refractivity contribution is -0.140. The van der Waals surface area contributed by atoms with Crippen LogP contribution in [0.25, 0.3) is 0 Å². The number of methoxy groups -OCH3 is 1. The van der Waals surface area contributed by atoms with E-state index >= 15 is 0 Å². The zero-order chi connectivity index (χ0) is 13.1. The maximum absolute atomic E-state index is 11.9. The molecule has 1 aromatic carbocycles. The molecule has 0 aliphatic heterocycles. The van der Waals surface area contributed by atoms with Crippen molar-refractivity contribution in [2.75, 3.05) is 7.11 Å². The van der Waals surface area contributed by atoms with Gasteiger partial charge in [-0.05, 0) is 38.5 Å². The molecule has 0 saturated carbocycles. The number of nitrogens with one attached hydrogen (secondary N) is 1. The van der Waals surface area contributed by atoms with Crippen LogP contribution in [0.2, 0.25) is 0 Å². The third kappa shape index (κ3) is 3.82. The fraction of sp³-hybridized carbons (Fsp3) is 0.462. The minimum atomic E-state index is -0.805. The van der Waals surface area contributed by atoms with E-state index < -0.39 is 5.60 Å². The average molecular weight is 300 g/mol. The van der Waals surface area contributed by atoms with Crippen molar-refractivity contribution in [3.63, 3.8) is 0 Å². The first kappa shape index (κ1) is 14.2. The Morgan fingerprint density at radius 2 is 2.12 bits per heavy atom. The van der Waals surface area contributed by atoms with E-state index in [1.807, 2.05) is 31.2 Å². The Morgan fingerprint density at radius 3 is 2.65 bits per heavy atom. The second kappa shape index (κ2) is 5.65. The number of halogens is 1. The Labute approximate surface area is 111 Å². The number of rotatable bonds is 4. The van der Waals surface area contributed by atoms with Gasteiger partial charge in [-0.3, -0.25) is 4.79 Å². The highest BCUT2D eigenvalue weighted by Gasteiger charge is 2.28. The summed E-state index contributed by atoms with van der Waals surface area (Å²) in [5, 5.41) is 2.93. The quantitative estimate of drug-likeness (QED) is 0.928. The maximum atomic E-state index is 11.9. The van der Waals surface area contributed by atoms with Crippen molar-refractivity contribution in [2.24, 2.45) is 0 Å². The monoisotopic (exact) mass is 299 g/mol. The maximum Gasteiger partial charge on any atom is 0.252 e. The molecule has 4 heteroatoms. The largest absolute Gasteiger partial charge is 0.369 e. The van der Waals surface area contributed by atoms with E-state index in [2.05, 4.69) is 21.2 Å². The summed E-state index contributed by atoms with van der Waals surface area (Å²) in [4.78, 5) is 11.9. The topological polar surface area (TPSA) is 38.3 Å². The summed E-state index contributed by atoms with van der Waals surface area (Å²) in [5.41, 5.74) is 0.250. The van der Waals surface area contributed by atoms with Gasteiger partial charge in [-0.15, -0.1) is 0 Å². The molecule has 0 aliphatic rings. The first-order chi connectivity index (χ1) is 7.86. The Bertz CT molecular complexity index is 404. The molecule has 0 radical (unpaired) electrons. The standard InChI is InChI=1S/C13H18BrNO2/c1-9(10-6-5-7-11(14)8-10)15-12(16)13(2,3)17-4/h5-9H,1-4H3,(H,15,16)/t9-/m1/s1. The highest BCUT2D eigenvalue weighted by Crippen LogP contribution is 2.19. The van der Waals surface area contributed by atoms with E-state index in [9.17, 15) is 4.79 Å². The van der Waals surface area contributed by atoms with E-state index in [0.29, 0.717) is 0 Å². The Kier molecular flexibility index (Phi) is 4.71. The summed E-state index contributed by atoms with van der Waals surface area (Å²) >= 11 is 3.41. The third-order valence-electron chi connectivity index (χ3n) is 2.75. The normalized spacial score (nSPS) is 13.2. The first-order valence-corrected chi connectivity index (χ1v) is 6.27. The van der Waals surface area contributed by atoms with Gasteiger partial charge in [0.2, 0.25) is 0 Å². The van der Waals surface area contributed by atoms with E-state index in [0.717, 1.165) is 10.0 Å². The van der Waals surface area contributed by atoms with Crippen molar-refractivity contribution in [2.45, 2.75) is 32.4 Å². The zero-order valence-corrected chi connectivity index (χ0v) is 12.2. The molecule has 1 rings (SSSR count). The zero-order valence-electron chi connectivity index (χ0n) is 10.6. The molecule has 0 unspecified atom stereocenters. The summed E-state index contributed by atoms with van der Waals surface area (Å²) in [7, 11) is 1.53. The molecule has 0 heterocycles.